The zero-order valence-corrected chi connectivity index (χ0v) is 19.6. The summed E-state index contributed by atoms with van der Waals surface area (Å²) in [6.07, 6.45) is 0.101. The van der Waals surface area contributed by atoms with Gasteiger partial charge in [0, 0.05) is 25.2 Å². The van der Waals surface area contributed by atoms with E-state index in [0.29, 0.717) is 29.2 Å². The largest absolute Gasteiger partial charge is 0.497 e. The Bertz CT molecular complexity index is 1210. The first-order valence-electron chi connectivity index (χ1n) is 11.2. The van der Waals surface area contributed by atoms with Crippen LogP contribution in [-0.4, -0.2) is 38.5 Å². The molecule has 8 heteroatoms. The van der Waals surface area contributed by atoms with Gasteiger partial charge in [-0.05, 0) is 54.1 Å². The summed E-state index contributed by atoms with van der Waals surface area (Å²) in [5, 5.41) is 5.72. The molecule has 2 N–H and O–H groups in total. The second kappa shape index (κ2) is 10.7. The number of rotatable bonds is 8. The summed E-state index contributed by atoms with van der Waals surface area (Å²) in [4.78, 5) is 40.0. The number of carbonyl (C=O) groups is 3. The summed E-state index contributed by atoms with van der Waals surface area (Å²) < 4.78 is 10.3. The lowest BCUT2D eigenvalue weighted by Gasteiger charge is -2.17. The Labute approximate surface area is 203 Å². The van der Waals surface area contributed by atoms with Crippen molar-refractivity contribution in [3.63, 3.8) is 0 Å². The average molecular weight is 474 g/mol. The van der Waals surface area contributed by atoms with E-state index in [2.05, 4.69) is 10.6 Å². The fourth-order valence-electron chi connectivity index (χ4n) is 3.94. The highest BCUT2D eigenvalue weighted by Gasteiger charge is 2.35. The predicted octanol–water partition coefficient (Wildman–Crippen LogP) is 3.63. The van der Waals surface area contributed by atoms with Crippen molar-refractivity contribution in [3.05, 3.63) is 83.9 Å². The van der Waals surface area contributed by atoms with Crippen LogP contribution in [0.2, 0.25) is 0 Å². The number of ether oxygens (including phenoxy) is 2. The van der Waals surface area contributed by atoms with E-state index in [-0.39, 0.29) is 30.7 Å². The fraction of sp³-hybridized carbons (Fsp3) is 0.222. The Kier molecular flexibility index (Phi) is 7.30. The standard InChI is InChI=1S/C27H27N3O5/c1-34-21-11-7-18(8-12-21)16-28-27(33)23-5-3-4-6-24(23)29-26(32)19-15-25(31)30(17-19)20-9-13-22(35-2)14-10-20/h3-14,19H,15-17H2,1-2H3,(H,28,33)(H,29,32)/t19-/m0/s1. The summed E-state index contributed by atoms with van der Waals surface area (Å²) in [5.74, 6) is 0.172. The maximum absolute atomic E-state index is 13.0. The molecule has 0 saturated carbocycles. The molecule has 3 amide bonds. The molecular weight excluding hydrogens is 446 g/mol. The molecule has 1 aliphatic heterocycles. The minimum atomic E-state index is -0.528. The van der Waals surface area contributed by atoms with Crippen molar-refractivity contribution in [2.45, 2.75) is 13.0 Å². The first kappa shape index (κ1) is 23.8. The molecule has 180 valence electrons. The molecule has 1 heterocycles. The molecule has 0 spiro atoms. The van der Waals surface area contributed by atoms with Gasteiger partial charge in [0.25, 0.3) is 5.91 Å². The predicted molar refractivity (Wildman–Crippen MR) is 133 cm³/mol. The van der Waals surface area contributed by atoms with Gasteiger partial charge in [-0.3, -0.25) is 14.4 Å². The third-order valence-electron chi connectivity index (χ3n) is 5.92. The fourth-order valence-corrected chi connectivity index (χ4v) is 3.94. The van der Waals surface area contributed by atoms with E-state index in [1.807, 2.05) is 24.3 Å². The first-order chi connectivity index (χ1) is 17.0. The molecule has 0 aromatic heterocycles. The summed E-state index contributed by atoms with van der Waals surface area (Å²) in [5.41, 5.74) is 2.39. The van der Waals surface area contributed by atoms with Crippen molar-refractivity contribution < 1.29 is 23.9 Å². The quantitative estimate of drug-likeness (QED) is 0.521. The molecule has 3 aromatic rings. The number of nitrogens with one attached hydrogen (secondary N) is 2. The van der Waals surface area contributed by atoms with Crippen LogP contribution in [0.1, 0.15) is 22.3 Å². The van der Waals surface area contributed by atoms with Gasteiger partial charge >= 0.3 is 0 Å². The van der Waals surface area contributed by atoms with Gasteiger partial charge in [-0.1, -0.05) is 24.3 Å². The van der Waals surface area contributed by atoms with Gasteiger partial charge in [0.05, 0.1) is 31.4 Å². The van der Waals surface area contributed by atoms with Crippen LogP contribution in [-0.2, 0) is 16.1 Å². The molecule has 3 aromatic carbocycles. The topological polar surface area (TPSA) is 97.0 Å². The molecule has 1 saturated heterocycles. The number of amides is 3. The van der Waals surface area contributed by atoms with Gasteiger partial charge in [-0.25, -0.2) is 0 Å². The SMILES string of the molecule is COc1ccc(CNC(=O)c2ccccc2NC(=O)[C@H]2CC(=O)N(c3ccc(OC)cc3)C2)cc1. The van der Waals surface area contributed by atoms with E-state index in [1.165, 1.54) is 0 Å². The molecule has 0 aliphatic carbocycles. The summed E-state index contributed by atoms with van der Waals surface area (Å²) in [6, 6.07) is 21.4. The van der Waals surface area contributed by atoms with Gasteiger partial charge in [-0.15, -0.1) is 0 Å². The second-order valence-electron chi connectivity index (χ2n) is 8.17. The Morgan fingerprint density at radius 3 is 2.20 bits per heavy atom. The molecule has 0 unspecified atom stereocenters. The van der Waals surface area contributed by atoms with Crippen molar-refractivity contribution in [2.75, 3.05) is 31.0 Å². The van der Waals surface area contributed by atoms with E-state index in [1.54, 1.807) is 67.7 Å². The second-order valence-corrected chi connectivity index (χ2v) is 8.17. The van der Waals surface area contributed by atoms with Crippen LogP contribution in [0.25, 0.3) is 0 Å². The lowest BCUT2D eigenvalue weighted by Crippen LogP contribution is -2.29. The summed E-state index contributed by atoms with van der Waals surface area (Å²) in [6.45, 7) is 0.599. The van der Waals surface area contributed by atoms with Crippen LogP contribution in [0.5, 0.6) is 11.5 Å². The zero-order valence-electron chi connectivity index (χ0n) is 19.6. The highest BCUT2D eigenvalue weighted by Crippen LogP contribution is 2.28. The Morgan fingerprint density at radius 2 is 1.54 bits per heavy atom. The van der Waals surface area contributed by atoms with Crippen molar-refractivity contribution >= 4 is 29.1 Å². The van der Waals surface area contributed by atoms with Gasteiger partial charge in [0.2, 0.25) is 11.8 Å². The number of anilines is 2. The minimum Gasteiger partial charge on any atom is -0.497 e. The van der Waals surface area contributed by atoms with Crippen LogP contribution in [0.15, 0.2) is 72.8 Å². The van der Waals surface area contributed by atoms with Gasteiger partial charge < -0.3 is 25.0 Å². The number of benzene rings is 3. The molecule has 1 fully saturated rings. The number of hydrogen-bond donors (Lipinski definition) is 2. The maximum Gasteiger partial charge on any atom is 0.253 e. The maximum atomic E-state index is 13.0. The van der Waals surface area contributed by atoms with E-state index in [0.717, 1.165) is 11.3 Å². The lowest BCUT2D eigenvalue weighted by molar-refractivity contribution is -0.122. The number of para-hydroxylation sites is 1. The number of carbonyl (C=O) groups excluding carboxylic acids is 3. The number of nitrogens with zero attached hydrogens (tertiary/aromatic N) is 1. The molecule has 8 nitrogen and oxygen atoms in total. The normalized spacial score (nSPS) is 15.0. The van der Waals surface area contributed by atoms with Gasteiger partial charge in [-0.2, -0.15) is 0 Å². The number of hydrogen-bond acceptors (Lipinski definition) is 5. The van der Waals surface area contributed by atoms with E-state index >= 15 is 0 Å². The smallest absolute Gasteiger partial charge is 0.253 e. The monoisotopic (exact) mass is 473 g/mol. The molecule has 1 aliphatic rings. The highest BCUT2D eigenvalue weighted by molar-refractivity contribution is 6.07. The van der Waals surface area contributed by atoms with Crippen LogP contribution >= 0.6 is 0 Å². The summed E-state index contributed by atoms with van der Waals surface area (Å²) >= 11 is 0. The number of methoxy groups -OCH3 is 2. The molecule has 1 atom stereocenters. The lowest BCUT2D eigenvalue weighted by atomic mass is 10.1. The molecule has 0 radical (unpaired) electrons. The minimum absolute atomic E-state index is 0.101. The Hall–Kier alpha value is -4.33. The zero-order chi connectivity index (χ0) is 24.8. The van der Waals surface area contributed by atoms with Crippen LogP contribution in [0.3, 0.4) is 0 Å². The molecule has 35 heavy (non-hydrogen) atoms. The average Bonchev–Trinajstić information content (AvgIpc) is 3.29. The molecule has 0 bridgehead atoms. The van der Waals surface area contributed by atoms with Gasteiger partial charge in [0.1, 0.15) is 11.5 Å². The van der Waals surface area contributed by atoms with Crippen LogP contribution in [0, 0.1) is 5.92 Å². The third kappa shape index (κ3) is 5.60. The van der Waals surface area contributed by atoms with Gasteiger partial charge in [0.15, 0.2) is 0 Å². The summed E-state index contributed by atoms with van der Waals surface area (Å²) in [7, 11) is 3.17. The van der Waals surface area contributed by atoms with E-state index in [4.69, 9.17) is 9.47 Å². The van der Waals surface area contributed by atoms with Crippen LogP contribution in [0.4, 0.5) is 11.4 Å². The van der Waals surface area contributed by atoms with Crippen LogP contribution < -0.4 is 25.0 Å². The Morgan fingerprint density at radius 1 is 0.914 bits per heavy atom. The highest BCUT2D eigenvalue weighted by atomic mass is 16.5. The van der Waals surface area contributed by atoms with E-state index < -0.39 is 5.92 Å². The first-order valence-corrected chi connectivity index (χ1v) is 11.2. The molecule has 4 rings (SSSR count). The van der Waals surface area contributed by atoms with E-state index in [9.17, 15) is 14.4 Å². The van der Waals surface area contributed by atoms with Crippen molar-refractivity contribution in [3.8, 4) is 11.5 Å². The Balaban J connectivity index is 1.39. The third-order valence-corrected chi connectivity index (χ3v) is 5.92. The van der Waals surface area contributed by atoms with Crippen molar-refractivity contribution in [1.29, 1.82) is 0 Å². The van der Waals surface area contributed by atoms with Crippen molar-refractivity contribution in [1.82, 2.24) is 5.32 Å². The van der Waals surface area contributed by atoms with Crippen molar-refractivity contribution in [2.24, 2.45) is 5.92 Å². The molecular formula is C27H27N3O5.